The number of hydrogen-bond donors (Lipinski definition) is 0. The van der Waals surface area contributed by atoms with Gasteiger partial charge in [-0.1, -0.05) is 28.1 Å². The Morgan fingerprint density at radius 1 is 1.27 bits per heavy atom. The molecule has 0 saturated carbocycles. The number of carbonyl (C=O) groups is 2. The van der Waals surface area contributed by atoms with Crippen LogP contribution in [0.1, 0.15) is 52.0 Å². The SMILES string of the molecule is CC(C(=O)N1CCC(N(C)C(=O)OC(C)(C)C)CC1)c1cccc(Br)c1. The third-order valence-corrected chi connectivity index (χ3v) is 5.22. The molecule has 144 valence electrons. The number of likely N-dealkylation sites (tertiary alicyclic amines) is 1. The molecule has 0 aliphatic carbocycles. The van der Waals surface area contributed by atoms with Gasteiger partial charge in [0.1, 0.15) is 5.60 Å². The minimum atomic E-state index is -0.499. The van der Waals surface area contributed by atoms with E-state index in [1.807, 2.05) is 56.9 Å². The number of ether oxygens (including phenoxy) is 1. The van der Waals surface area contributed by atoms with Gasteiger partial charge in [0.15, 0.2) is 0 Å². The van der Waals surface area contributed by atoms with Crippen molar-refractivity contribution in [3.63, 3.8) is 0 Å². The number of rotatable bonds is 3. The van der Waals surface area contributed by atoms with Gasteiger partial charge in [0, 0.05) is 30.7 Å². The quantitative estimate of drug-likeness (QED) is 0.721. The molecule has 0 bridgehead atoms. The maximum absolute atomic E-state index is 12.8. The van der Waals surface area contributed by atoms with Gasteiger partial charge in [0.2, 0.25) is 5.91 Å². The molecule has 0 radical (unpaired) electrons. The van der Waals surface area contributed by atoms with Crippen LogP contribution in [-0.2, 0) is 9.53 Å². The van der Waals surface area contributed by atoms with Crippen LogP contribution in [0.4, 0.5) is 4.79 Å². The molecule has 1 fully saturated rings. The van der Waals surface area contributed by atoms with Crippen LogP contribution >= 0.6 is 15.9 Å². The van der Waals surface area contributed by atoms with Crippen LogP contribution in [-0.4, -0.2) is 53.6 Å². The van der Waals surface area contributed by atoms with Crippen LogP contribution in [0.5, 0.6) is 0 Å². The monoisotopic (exact) mass is 424 g/mol. The second-order valence-corrected chi connectivity index (χ2v) is 8.84. The Morgan fingerprint density at radius 3 is 2.42 bits per heavy atom. The van der Waals surface area contributed by atoms with Crippen LogP contribution in [0.25, 0.3) is 0 Å². The predicted molar refractivity (Wildman–Crippen MR) is 106 cm³/mol. The summed E-state index contributed by atoms with van der Waals surface area (Å²) >= 11 is 3.46. The second-order valence-electron chi connectivity index (χ2n) is 7.92. The molecule has 1 aliphatic rings. The molecule has 1 heterocycles. The molecule has 6 heteroatoms. The van der Waals surface area contributed by atoms with Crippen molar-refractivity contribution in [2.75, 3.05) is 20.1 Å². The number of piperidine rings is 1. The Kier molecular flexibility index (Phi) is 6.72. The lowest BCUT2D eigenvalue weighted by Crippen LogP contribution is -2.49. The smallest absolute Gasteiger partial charge is 0.410 e. The summed E-state index contributed by atoms with van der Waals surface area (Å²) in [4.78, 5) is 28.6. The summed E-state index contributed by atoms with van der Waals surface area (Å²) < 4.78 is 6.42. The number of benzene rings is 1. The van der Waals surface area contributed by atoms with Gasteiger partial charge >= 0.3 is 6.09 Å². The maximum atomic E-state index is 12.8. The van der Waals surface area contributed by atoms with Crippen molar-refractivity contribution in [2.24, 2.45) is 0 Å². The van der Waals surface area contributed by atoms with Gasteiger partial charge in [-0.3, -0.25) is 4.79 Å². The molecule has 2 amide bonds. The number of halogens is 1. The molecular weight excluding hydrogens is 396 g/mol. The van der Waals surface area contributed by atoms with E-state index in [2.05, 4.69) is 15.9 Å². The highest BCUT2D eigenvalue weighted by atomic mass is 79.9. The lowest BCUT2D eigenvalue weighted by molar-refractivity contribution is -0.133. The zero-order valence-electron chi connectivity index (χ0n) is 16.3. The zero-order valence-corrected chi connectivity index (χ0v) is 17.9. The summed E-state index contributed by atoms with van der Waals surface area (Å²) in [5.74, 6) is -0.0332. The van der Waals surface area contributed by atoms with E-state index in [0.717, 1.165) is 22.9 Å². The summed E-state index contributed by atoms with van der Waals surface area (Å²) in [6.07, 6.45) is 1.24. The average molecular weight is 425 g/mol. The lowest BCUT2D eigenvalue weighted by Gasteiger charge is -2.38. The van der Waals surface area contributed by atoms with E-state index >= 15 is 0 Å². The number of hydrogen-bond acceptors (Lipinski definition) is 3. The van der Waals surface area contributed by atoms with Crippen LogP contribution in [0.2, 0.25) is 0 Å². The second kappa shape index (κ2) is 8.42. The third-order valence-electron chi connectivity index (χ3n) is 4.72. The van der Waals surface area contributed by atoms with Gasteiger partial charge in [-0.25, -0.2) is 4.79 Å². The van der Waals surface area contributed by atoms with E-state index in [9.17, 15) is 9.59 Å². The topological polar surface area (TPSA) is 49.9 Å². The largest absolute Gasteiger partial charge is 0.444 e. The summed E-state index contributed by atoms with van der Waals surface area (Å²) in [7, 11) is 1.78. The van der Waals surface area contributed by atoms with E-state index in [4.69, 9.17) is 4.74 Å². The van der Waals surface area contributed by atoms with Gasteiger partial charge in [-0.05, 0) is 58.2 Å². The van der Waals surface area contributed by atoms with Crippen LogP contribution in [0, 0.1) is 0 Å². The van der Waals surface area contributed by atoms with Crippen LogP contribution in [0.3, 0.4) is 0 Å². The Labute approximate surface area is 164 Å². The summed E-state index contributed by atoms with van der Waals surface area (Å²) in [6.45, 7) is 8.86. The molecule has 1 aromatic carbocycles. The van der Waals surface area contributed by atoms with E-state index in [-0.39, 0.29) is 24.0 Å². The Morgan fingerprint density at radius 2 is 1.88 bits per heavy atom. The normalized spacial score (nSPS) is 16.9. The van der Waals surface area contributed by atoms with Gasteiger partial charge in [-0.15, -0.1) is 0 Å². The summed E-state index contributed by atoms with van der Waals surface area (Å²) in [5, 5.41) is 0. The molecular formula is C20H29BrN2O3. The molecule has 1 unspecified atom stereocenters. The fourth-order valence-corrected chi connectivity index (χ4v) is 3.57. The highest BCUT2D eigenvalue weighted by Gasteiger charge is 2.31. The molecule has 0 spiro atoms. The molecule has 1 aliphatic heterocycles. The molecule has 1 aromatic rings. The summed E-state index contributed by atoms with van der Waals surface area (Å²) in [5.41, 5.74) is 0.513. The van der Waals surface area contributed by atoms with E-state index < -0.39 is 5.60 Å². The van der Waals surface area contributed by atoms with E-state index in [0.29, 0.717) is 13.1 Å². The molecule has 0 aromatic heterocycles. The number of nitrogens with zero attached hydrogens (tertiary/aromatic N) is 2. The van der Waals surface area contributed by atoms with Gasteiger partial charge in [-0.2, -0.15) is 0 Å². The fourth-order valence-electron chi connectivity index (χ4n) is 3.15. The van der Waals surface area contributed by atoms with Crippen molar-refractivity contribution in [2.45, 2.75) is 58.1 Å². The van der Waals surface area contributed by atoms with E-state index in [1.165, 1.54) is 0 Å². The van der Waals surface area contributed by atoms with Crippen molar-refractivity contribution in [3.8, 4) is 0 Å². The lowest BCUT2D eigenvalue weighted by atomic mass is 9.97. The highest BCUT2D eigenvalue weighted by Crippen LogP contribution is 2.25. The van der Waals surface area contributed by atoms with Crippen LogP contribution < -0.4 is 0 Å². The molecule has 26 heavy (non-hydrogen) atoms. The number of carbonyl (C=O) groups excluding carboxylic acids is 2. The van der Waals surface area contributed by atoms with Crippen molar-refractivity contribution in [1.29, 1.82) is 0 Å². The number of amides is 2. The van der Waals surface area contributed by atoms with Crippen LogP contribution in [0.15, 0.2) is 28.7 Å². The van der Waals surface area contributed by atoms with Crippen molar-refractivity contribution in [1.82, 2.24) is 9.80 Å². The van der Waals surface area contributed by atoms with Crippen molar-refractivity contribution < 1.29 is 14.3 Å². The fraction of sp³-hybridized carbons (Fsp3) is 0.600. The predicted octanol–water partition coefficient (Wildman–Crippen LogP) is 4.41. The average Bonchev–Trinajstić information content (AvgIpc) is 2.58. The van der Waals surface area contributed by atoms with Crippen molar-refractivity contribution in [3.05, 3.63) is 34.3 Å². The minimum Gasteiger partial charge on any atom is -0.444 e. The molecule has 2 rings (SSSR count). The first kappa shape index (κ1) is 20.7. The maximum Gasteiger partial charge on any atom is 0.410 e. The highest BCUT2D eigenvalue weighted by molar-refractivity contribution is 9.10. The first-order valence-electron chi connectivity index (χ1n) is 9.08. The first-order valence-corrected chi connectivity index (χ1v) is 9.88. The summed E-state index contributed by atoms with van der Waals surface area (Å²) in [6, 6.07) is 7.99. The Balaban J connectivity index is 1.91. The molecule has 0 N–H and O–H groups in total. The Bertz CT molecular complexity index is 649. The third kappa shape index (κ3) is 5.47. The Hall–Kier alpha value is -1.56. The van der Waals surface area contributed by atoms with E-state index in [1.54, 1.807) is 11.9 Å². The van der Waals surface area contributed by atoms with Crippen molar-refractivity contribution >= 4 is 27.9 Å². The molecule has 1 atom stereocenters. The molecule has 5 nitrogen and oxygen atoms in total. The van der Waals surface area contributed by atoms with Gasteiger partial charge in [0.25, 0.3) is 0 Å². The zero-order chi connectivity index (χ0) is 19.5. The first-order chi connectivity index (χ1) is 12.1. The minimum absolute atomic E-state index is 0.107. The standard InChI is InChI=1S/C20H29BrN2O3/c1-14(15-7-6-8-16(21)13-15)18(24)23-11-9-17(10-12-23)22(5)19(25)26-20(2,3)4/h6-8,13-14,17H,9-12H2,1-5H3. The molecule has 1 saturated heterocycles. The van der Waals surface area contributed by atoms with Gasteiger partial charge in [0.05, 0.1) is 5.92 Å². The van der Waals surface area contributed by atoms with Gasteiger partial charge < -0.3 is 14.5 Å².